The summed E-state index contributed by atoms with van der Waals surface area (Å²) in [5.74, 6) is 0.491. The molecule has 0 aliphatic rings. The lowest BCUT2D eigenvalue weighted by Crippen LogP contribution is -2.40. The molecule has 0 bridgehead atoms. The third-order valence-electron chi connectivity index (χ3n) is 3.22. The first-order valence-electron chi connectivity index (χ1n) is 7.25. The van der Waals surface area contributed by atoms with Gasteiger partial charge in [-0.15, -0.1) is 0 Å². The van der Waals surface area contributed by atoms with Crippen LogP contribution in [0.1, 0.15) is 39.4 Å². The van der Waals surface area contributed by atoms with Crippen molar-refractivity contribution in [3.8, 4) is 6.07 Å². The second-order valence-electron chi connectivity index (χ2n) is 6.44. The van der Waals surface area contributed by atoms with E-state index >= 15 is 0 Å². The predicted molar refractivity (Wildman–Crippen MR) is 81.0 cm³/mol. The van der Waals surface area contributed by atoms with Crippen molar-refractivity contribution in [3.05, 3.63) is 24.2 Å². The number of nitrogens with zero attached hydrogens (tertiary/aromatic N) is 2. The number of nitriles is 1. The Morgan fingerprint density at radius 2 is 2.24 bits per heavy atom. The van der Waals surface area contributed by atoms with E-state index in [0.717, 1.165) is 6.42 Å². The van der Waals surface area contributed by atoms with E-state index < -0.39 is 0 Å². The number of carbonyl (C=O) groups is 1. The lowest BCUT2D eigenvalue weighted by atomic mass is 9.84. The zero-order valence-electron chi connectivity index (χ0n) is 13.1. The van der Waals surface area contributed by atoms with Gasteiger partial charge in [0.05, 0.1) is 31.2 Å². The Labute approximate surface area is 126 Å². The molecule has 0 fully saturated rings. The van der Waals surface area contributed by atoms with Crippen molar-refractivity contribution in [1.82, 2.24) is 4.90 Å². The van der Waals surface area contributed by atoms with E-state index in [0.29, 0.717) is 31.8 Å². The van der Waals surface area contributed by atoms with Crippen LogP contribution in [0.3, 0.4) is 0 Å². The standard InChI is InChI=1S/C16H25N3O2/c1-16(2,3)10-13(11-18)15(20)19(8-5-7-17)12-14-6-4-9-21-14/h4,6,9,13H,5,8,10-12,18H2,1-3H3. The molecule has 1 amide bonds. The Balaban J connectivity index is 2.79. The molecule has 1 atom stereocenters. The fraction of sp³-hybridized carbons (Fsp3) is 0.625. The van der Waals surface area contributed by atoms with Crippen LogP contribution in [-0.4, -0.2) is 23.9 Å². The fourth-order valence-electron chi connectivity index (χ4n) is 2.31. The minimum absolute atomic E-state index is 0.000856. The van der Waals surface area contributed by atoms with Crippen LogP contribution in [0, 0.1) is 22.7 Å². The minimum Gasteiger partial charge on any atom is -0.467 e. The van der Waals surface area contributed by atoms with Crippen molar-refractivity contribution in [3.63, 3.8) is 0 Å². The monoisotopic (exact) mass is 291 g/mol. The summed E-state index contributed by atoms with van der Waals surface area (Å²) >= 11 is 0. The minimum atomic E-state index is -0.223. The van der Waals surface area contributed by atoms with E-state index in [-0.39, 0.29) is 17.2 Å². The molecule has 2 N–H and O–H groups in total. The van der Waals surface area contributed by atoms with Gasteiger partial charge in [0, 0.05) is 13.1 Å². The summed E-state index contributed by atoms with van der Waals surface area (Å²) in [5, 5.41) is 8.77. The first-order chi connectivity index (χ1) is 9.87. The summed E-state index contributed by atoms with van der Waals surface area (Å²) in [6.07, 6.45) is 2.61. The van der Waals surface area contributed by atoms with Gasteiger partial charge in [-0.2, -0.15) is 5.26 Å². The van der Waals surface area contributed by atoms with E-state index in [4.69, 9.17) is 15.4 Å². The quantitative estimate of drug-likeness (QED) is 0.836. The molecule has 0 saturated heterocycles. The van der Waals surface area contributed by atoms with Gasteiger partial charge < -0.3 is 15.1 Å². The van der Waals surface area contributed by atoms with Gasteiger partial charge in [-0.25, -0.2) is 0 Å². The maximum Gasteiger partial charge on any atom is 0.227 e. The maximum atomic E-state index is 12.7. The van der Waals surface area contributed by atoms with Crippen LogP contribution in [-0.2, 0) is 11.3 Å². The lowest BCUT2D eigenvalue weighted by Gasteiger charge is -2.29. The predicted octanol–water partition coefficient (Wildman–Crippen LogP) is 2.53. The summed E-state index contributed by atoms with van der Waals surface area (Å²) < 4.78 is 5.30. The second kappa shape index (κ2) is 7.84. The second-order valence-corrected chi connectivity index (χ2v) is 6.44. The molecule has 0 aliphatic heterocycles. The molecule has 0 radical (unpaired) electrons. The largest absolute Gasteiger partial charge is 0.467 e. The Kier molecular flexibility index (Phi) is 6.44. The molecule has 1 aromatic heterocycles. The lowest BCUT2D eigenvalue weighted by molar-refractivity contribution is -0.137. The molecule has 1 heterocycles. The summed E-state index contributed by atoms with van der Waals surface area (Å²) in [4.78, 5) is 14.4. The highest BCUT2D eigenvalue weighted by atomic mass is 16.3. The van der Waals surface area contributed by atoms with Crippen molar-refractivity contribution in [2.75, 3.05) is 13.1 Å². The number of carbonyl (C=O) groups excluding carboxylic acids is 1. The molecule has 1 unspecified atom stereocenters. The first kappa shape index (κ1) is 17.3. The highest BCUT2D eigenvalue weighted by Crippen LogP contribution is 2.25. The third kappa shape index (κ3) is 6.01. The summed E-state index contributed by atoms with van der Waals surface area (Å²) in [6, 6.07) is 5.70. The highest BCUT2D eigenvalue weighted by molar-refractivity contribution is 5.79. The van der Waals surface area contributed by atoms with Gasteiger partial charge >= 0.3 is 0 Å². The number of nitrogens with two attached hydrogens (primary N) is 1. The number of furan rings is 1. The van der Waals surface area contributed by atoms with Gasteiger partial charge in [0.15, 0.2) is 0 Å². The van der Waals surface area contributed by atoms with Crippen LogP contribution in [0.4, 0.5) is 0 Å². The molecule has 5 heteroatoms. The van der Waals surface area contributed by atoms with Crippen molar-refractivity contribution < 1.29 is 9.21 Å². The zero-order chi connectivity index (χ0) is 15.9. The van der Waals surface area contributed by atoms with Crippen molar-refractivity contribution in [2.45, 2.75) is 40.2 Å². The number of hydrogen-bond acceptors (Lipinski definition) is 4. The van der Waals surface area contributed by atoms with Gasteiger partial charge in [-0.1, -0.05) is 20.8 Å². The summed E-state index contributed by atoms with van der Waals surface area (Å²) in [7, 11) is 0. The molecular weight excluding hydrogens is 266 g/mol. The van der Waals surface area contributed by atoms with Gasteiger partial charge in [0.25, 0.3) is 0 Å². The van der Waals surface area contributed by atoms with Crippen LogP contribution in [0.15, 0.2) is 22.8 Å². The van der Waals surface area contributed by atoms with Crippen LogP contribution in [0.5, 0.6) is 0 Å². The third-order valence-corrected chi connectivity index (χ3v) is 3.22. The first-order valence-corrected chi connectivity index (χ1v) is 7.25. The molecule has 0 spiro atoms. The normalized spacial score (nSPS) is 12.7. The van der Waals surface area contributed by atoms with Gasteiger partial charge in [0.2, 0.25) is 5.91 Å². The molecule has 21 heavy (non-hydrogen) atoms. The Morgan fingerprint density at radius 1 is 1.52 bits per heavy atom. The number of rotatable bonds is 7. The van der Waals surface area contributed by atoms with Crippen LogP contribution >= 0.6 is 0 Å². The van der Waals surface area contributed by atoms with Crippen LogP contribution in [0.2, 0.25) is 0 Å². The molecule has 0 aromatic carbocycles. The van der Waals surface area contributed by atoms with E-state index in [2.05, 4.69) is 26.8 Å². The molecule has 5 nitrogen and oxygen atoms in total. The zero-order valence-corrected chi connectivity index (χ0v) is 13.1. The molecule has 1 rings (SSSR count). The average Bonchev–Trinajstić information content (AvgIpc) is 2.92. The summed E-state index contributed by atoms with van der Waals surface area (Å²) in [5.41, 5.74) is 5.82. The maximum absolute atomic E-state index is 12.7. The van der Waals surface area contributed by atoms with E-state index in [1.165, 1.54) is 0 Å². The Bertz CT molecular complexity index is 469. The van der Waals surface area contributed by atoms with Gasteiger partial charge in [-0.3, -0.25) is 4.79 Å². The molecule has 0 saturated carbocycles. The van der Waals surface area contributed by atoms with E-state index in [1.54, 1.807) is 17.2 Å². The molecule has 0 aliphatic carbocycles. The number of hydrogen-bond donors (Lipinski definition) is 1. The topological polar surface area (TPSA) is 83.3 Å². The highest BCUT2D eigenvalue weighted by Gasteiger charge is 2.28. The molecule has 1 aromatic rings. The van der Waals surface area contributed by atoms with Crippen LogP contribution < -0.4 is 5.73 Å². The van der Waals surface area contributed by atoms with Crippen molar-refractivity contribution in [1.29, 1.82) is 5.26 Å². The van der Waals surface area contributed by atoms with E-state index in [1.807, 2.05) is 6.07 Å². The van der Waals surface area contributed by atoms with Crippen molar-refractivity contribution in [2.24, 2.45) is 17.1 Å². The van der Waals surface area contributed by atoms with E-state index in [9.17, 15) is 4.79 Å². The Morgan fingerprint density at radius 3 is 2.71 bits per heavy atom. The van der Waals surface area contributed by atoms with Crippen LogP contribution in [0.25, 0.3) is 0 Å². The SMILES string of the molecule is CC(C)(C)CC(CN)C(=O)N(CCC#N)Cc1ccco1. The van der Waals surface area contributed by atoms with Gasteiger partial charge in [0.1, 0.15) is 5.76 Å². The molecule has 116 valence electrons. The average molecular weight is 291 g/mol. The fourth-order valence-corrected chi connectivity index (χ4v) is 2.31. The smallest absolute Gasteiger partial charge is 0.227 e. The number of amides is 1. The Hall–Kier alpha value is -1.80. The summed E-state index contributed by atoms with van der Waals surface area (Å²) in [6.45, 7) is 7.38. The van der Waals surface area contributed by atoms with Crippen molar-refractivity contribution >= 4 is 5.91 Å². The van der Waals surface area contributed by atoms with Gasteiger partial charge in [-0.05, 0) is 24.0 Å². The molecular formula is C16H25N3O2.